The van der Waals surface area contributed by atoms with Gasteiger partial charge in [0.25, 0.3) is 0 Å². The fourth-order valence-electron chi connectivity index (χ4n) is 2.16. The van der Waals surface area contributed by atoms with Crippen molar-refractivity contribution in [2.45, 2.75) is 52.7 Å². The van der Waals surface area contributed by atoms with E-state index in [9.17, 15) is 9.59 Å². The number of carbonyl (C=O) groups is 2. The molecule has 0 aliphatic rings. The zero-order chi connectivity index (χ0) is 20.6. The number of halogens is 1. The lowest BCUT2D eigenvalue weighted by Gasteiger charge is -2.27. The van der Waals surface area contributed by atoms with Gasteiger partial charge in [-0.2, -0.15) is 4.90 Å². The van der Waals surface area contributed by atoms with Gasteiger partial charge >= 0.3 is 12.2 Å². The monoisotopic (exact) mass is 442 g/mol. The summed E-state index contributed by atoms with van der Waals surface area (Å²) in [4.78, 5) is 26.2. The second-order valence-electron chi connectivity index (χ2n) is 7.78. The maximum Gasteiger partial charge on any atom is 0.425 e. The first-order valence-corrected chi connectivity index (χ1v) is 9.00. The second-order valence-corrected chi connectivity index (χ2v) is 8.70. The van der Waals surface area contributed by atoms with Crippen LogP contribution in [0, 0.1) is 0 Å². The van der Waals surface area contributed by atoms with Gasteiger partial charge in [-0.3, -0.25) is 0 Å². The highest BCUT2D eigenvalue weighted by molar-refractivity contribution is 9.10. The fraction of sp³-hybridized carbons (Fsp3) is 0.500. The van der Waals surface area contributed by atoms with Crippen LogP contribution in [0.5, 0.6) is 5.75 Å². The predicted molar refractivity (Wildman–Crippen MR) is 103 cm³/mol. The van der Waals surface area contributed by atoms with E-state index in [-0.39, 0.29) is 5.82 Å². The van der Waals surface area contributed by atoms with E-state index in [1.54, 1.807) is 53.7 Å². The summed E-state index contributed by atoms with van der Waals surface area (Å²) in [5.74, 6) is 0.297. The molecule has 1 aromatic heterocycles. The van der Waals surface area contributed by atoms with Gasteiger partial charge in [0.2, 0.25) is 5.82 Å². The predicted octanol–water partition coefficient (Wildman–Crippen LogP) is 5.28. The third kappa shape index (κ3) is 5.12. The normalized spacial score (nSPS) is 12.0. The first-order chi connectivity index (χ1) is 12.3. The minimum absolute atomic E-state index is 0.0714. The number of methoxy groups -OCH3 is 1. The molecule has 27 heavy (non-hydrogen) atoms. The van der Waals surface area contributed by atoms with Crippen molar-refractivity contribution in [3.8, 4) is 5.75 Å². The number of ether oxygens (including phenoxy) is 3. The fourth-order valence-corrected chi connectivity index (χ4v) is 2.58. The second kappa shape index (κ2) is 7.38. The van der Waals surface area contributed by atoms with Crippen LogP contribution in [0.4, 0.5) is 15.4 Å². The number of aromatic nitrogens is 1. The van der Waals surface area contributed by atoms with Crippen molar-refractivity contribution in [1.82, 2.24) is 5.16 Å². The van der Waals surface area contributed by atoms with E-state index >= 15 is 0 Å². The molecule has 0 saturated heterocycles. The quantitative estimate of drug-likeness (QED) is 0.624. The van der Waals surface area contributed by atoms with Crippen LogP contribution < -0.4 is 9.64 Å². The molecule has 2 aromatic rings. The van der Waals surface area contributed by atoms with Gasteiger partial charge < -0.3 is 18.7 Å². The van der Waals surface area contributed by atoms with Crippen LogP contribution in [-0.4, -0.2) is 35.7 Å². The van der Waals surface area contributed by atoms with E-state index in [0.29, 0.717) is 26.1 Å². The average Bonchev–Trinajstić information content (AvgIpc) is 2.86. The van der Waals surface area contributed by atoms with Gasteiger partial charge in [-0.05, 0) is 53.7 Å². The highest BCUT2D eigenvalue weighted by atomic mass is 79.9. The molecule has 0 spiro atoms. The molecule has 0 fully saturated rings. The van der Waals surface area contributed by atoms with E-state index in [1.807, 2.05) is 0 Å². The number of fused-ring (bicyclic) bond motifs is 1. The number of imide groups is 1. The van der Waals surface area contributed by atoms with Gasteiger partial charge in [0.05, 0.1) is 7.11 Å². The van der Waals surface area contributed by atoms with E-state index in [2.05, 4.69) is 21.1 Å². The Kier molecular flexibility index (Phi) is 5.74. The van der Waals surface area contributed by atoms with Gasteiger partial charge in [0.15, 0.2) is 5.58 Å². The van der Waals surface area contributed by atoms with Gasteiger partial charge in [0.1, 0.15) is 22.3 Å². The minimum atomic E-state index is -0.933. The Labute approximate surface area is 165 Å². The van der Waals surface area contributed by atoms with E-state index < -0.39 is 23.4 Å². The van der Waals surface area contributed by atoms with E-state index in [0.717, 1.165) is 0 Å². The molecule has 0 aliphatic heterocycles. The minimum Gasteiger partial charge on any atom is -0.496 e. The van der Waals surface area contributed by atoms with Crippen LogP contribution in [0.1, 0.15) is 41.5 Å². The molecule has 1 aromatic carbocycles. The summed E-state index contributed by atoms with van der Waals surface area (Å²) in [6.45, 7) is 10.1. The summed E-state index contributed by atoms with van der Waals surface area (Å²) in [6, 6.07) is 3.32. The molecule has 0 unspecified atom stereocenters. The Morgan fingerprint density at radius 3 is 2.00 bits per heavy atom. The van der Waals surface area contributed by atoms with Crippen LogP contribution in [-0.2, 0) is 9.47 Å². The number of amides is 2. The molecule has 0 saturated carbocycles. The van der Waals surface area contributed by atoms with Gasteiger partial charge in [-0.25, -0.2) is 9.59 Å². The maximum atomic E-state index is 12.8. The van der Waals surface area contributed by atoms with Crippen LogP contribution >= 0.6 is 15.9 Å². The maximum absolute atomic E-state index is 12.8. The van der Waals surface area contributed by atoms with Crippen molar-refractivity contribution in [2.75, 3.05) is 12.0 Å². The van der Waals surface area contributed by atoms with Crippen LogP contribution in [0.15, 0.2) is 21.1 Å². The zero-order valence-corrected chi connectivity index (χ0v) is 18.0. The van der Waals surface area contributed by atoms with E-state index in [1.165, 1.54) is 7.11 Å². The largest absolute Gasteiger partial charge is 0.496 e. The summed E-state index contributed by atoms with van der Waals surface area (Å²) in [6.07, 6.45) is -1.87. The molecule has 8 nitrogen and oxygen atoms in total. The molecular weight excluding hydrogens is 420 g/mol. The Morgan fingerprint density at radius 1 is 1.04 bits per heavy atom. The molecular formula is C18H23BrN2O6. The molecule has 0 aliphatic carbocycles. The summed E-state index contributed by atoms with van der Waals surface area (Å²) in [5.41, 5.74) is -1.33. The highest BCUT2D eigenvalue weighted by Gasteiger charge is 2.36. The number of nitrogens with zero attached hydrogens (tertiary/aromatic N) is 2. The summed E-state index contributed by atoms with van der Waals surface area (Å²) < 4.78 is 22.1. The summed E-state index contributed by atoms with van der Waals surface area (Å²) in [7, 11) is 1.46. The topological polar surface area (TPSA) is 91.1 Å². The number of hydrogen-bond acceptors (Lipinski definition) is 7. The average molecular weight is 443 g/mol. The Hall–Kier alpha value is -2.29. The molecule has 2 rings (SSSR count). The van der Waals surface area contributed by atoms with E-state index in [4.69, 9.17) is 18.7 Å². The van der Waals surface area contributed by atoms with Gasteiger partial charge in [-0.15, -0.1) is 0 Å². The third-order valence-electron chi connectivity index (χ3n) is 3.07. The Morgan fingerprint density at radius 2 is 1.56 bits per heavy atom. The third-order valence-corrected chi connectivity index (χ3v) is 3.53. The Balaban J connectivity index is 2.61. The zero-order valence-electron chi connectivity index (χ0n) is 16.4. The molecule has 2 amide bonds. The standard InChI is InChI=1S/C18H23BrN2O6/c1-17(2,3)25-15(22)21(16(23)26-18(4,5)6)14-13-11(24-7)8-10(19)9-12(13)27-20-14/h8-9H,1-7H3. The van der Waals surface area contributed by atoms with Crippen molar-refractivity contribution in [3.05, 3.63) is 16.6 Å². The number of carbonyl (C=O) groups excluding carboxylic acids is 2. The molecule has 0 N–H and O–H groups in total. The van der Waals surface area contributed by atoms with Crippen LogP contribution in [0.3, 0.4) is 0 Å². The molecule has 0 bridgehead atoms. The first-order valence-electron chi connectivity index (χ1n) is 8.21. The molecule has 9 heteroatoms. The molecule has 1 heterocycles. The van der Waals surface area contributed by atoms with Crippen molar-refractivity contribution >= 4 is 44.9 Å². The lowest BCUT2D eigenvalue weighted by atomic mass is 10.2. The molecule has 148 valence electrons. The summed E-state index contributed by atoms with van der Waals surface area (Å²) in [5, 5.41) is 4.24. The summed E-state index contributed by atoms with van der Waals surface area (Å²) >= 11 is 3.34. The first kappa shape index (κ1) is 21.0. The molecule has 0 radical (unpaired) electrons. The van der Waals surface area contributed by atoms with Crippen molar-refractivity contribution in [3.63, 3.8) is 0 Å². The van der Waals surface area contributed by atoms with Crippen LogP contribution in [0.2, 0.25) is 0 Å². The SMILES string of the molecule is COc1cc(Br)cc2onc(N(C(=O)OC(C)(C)C)C(=O)OC(C)(C)C)c12. The number of benzene rings is 1. The smallest absolute Gasteiger partial charge is 0.425 e. The van der Waals surface area contributed by atoms with Gasteiger partial charge in [-0.1, -0.05) is 21.1 Å². The van der Waals surface area contributed by atoms with Crippen molar-refractivity contribution in [1.29, 1.82) is 0 Å². The van der Waals surface area contributed by atoms with Crippen molar-refractivity contribution < 1.29 is 28.3 Å². The molecule has 0 atom stereocenters. The lowest BCUT2D eigenvalue weighted by molar-refractivity contribution is 0.0428. The van der Waals surface area contributed by atoms with Gasteiger partial charge in [0, 0.05) is 4.47 Å². The Bertz CT molecular complexity index is 835. The highest BCUT2D eigenvalue weighted by Crippen LogP contribution is 2.38. The number of rotatable bonds is 2. The number of anilines is 1. The van der Waals surface area contributed by atoms with Crippen molar-refractivity contribution in [2.24, 2.45) is 0 Å². The number of hydrogen-bond donors (Lipinski definition) is 0. The lowest BCUT2D eigenvalue weighted by Crippen LogP contribution is -2.44. The van der Waals surface area contributed by atoms with Crippen LogP contribution in [0.25, 0.3) is 11.0 Å².